The average Bonchev–Trinajstić information content (AvgIpc) is 1.80. The number of rotatable bonds is 0. The molecular weight excluding hydrogens is 376 g/mol. The van der Waals surface area contributed by atoms with Gasteiger partial charge in [-0.3, -0.25) is 0 Å². The van der Waals surface area contributed by atoms with Gasteiger partial charge in [0.2, 0.25) is 0 Å². The molecule has 0 saturated carbocycles. The number of hydrogen-bond donors (Lipinski definition) is 0. The molecular formula is C9H17I2N. The quantitative estimate of drug-likeness (QED) is 0.344. The van der Waals surface area contributed by atoms with E-state index in [2.05, 4.69) is 76.3 Å². The van der Waals surface area contributed by atoms with Gasteiger partial charge in [-0.25, -0.2) is 3.11 Å². The van der Waals surface area contributed by atoms with E-state index in [1.807, 2.05) is 0 Å². The Morgan fingerprint density at radius 2 is 1.42 bits per heavy atom. The second-order valence-electron chi connectivity index (χ2n) is 4.91. The zero-order chi connectivity index (χ0) is 9.57. The van der Waals surface area contributed by atoms with Gasteiger partial charge < -0.3 is 0 Å². The molecule has 1 fully saturated rings. The van der Waals surface area contributed by atoms with Gasteiger partial charge in [-0.1, -0.05) is 22.6 Å². The van der Waals surface area contributed by atoms with E-state index in [1.165, 1.54) is 12.8 Å². The van der Waals surface area contributed by atoms with Crippen LogP contribution >= 0.6 is 45.5 Å². The highest BCUT2D eigenvalue weighted by molar-refractivity contribution is 14.1. The van der Waals surface area contributed by atoms with Crippen molar-refractivity contribution in [3.8, 4) is 0 Å². The molecule has 3 heteroatoms. The molecule has 1 aliphatic heterocycles. The molecule has 0 aromatic carbocycles. The van der Waals surface area contributed by atoms with Crippen molar-refractivity contribution < 1.29 is 0 Å². The second-order valence-corrected chi connectivity index (χ2v) is 7.64. The van der Waals surface area contributed by atoms with Crippen molar-refractivity contribution in [2.24, 2.45) is 0 Å². The third-order valence-corrected chi connectivity index (χ3v) is 6.00. The lowest BCUT2D eigenvalue weighted by Gasteiger charge is -2.50. The van der Waals surface area contributed by atoms with E-state index in [1.54, 1.807) is 0 Å². The van der Waals surface area contributed by atoms with Crippen molar-refractivity contribution in [3.63, 3.8) is 0 Å². The summed E-state index contributed by atoms with van der Waals surface area (Å²) in [6.45, 7) is 9.36. The van der Waals surface area contributed by atoms with E-state index < -0.39 is 0 Å². The Bertz CT molecular complexity index is 159. The van der Waals surface area contributed by atoms with Crippen LogP contribution in [0.2, 0.25) is 0 Å². The van der Waals surface area contributed by atoms with Crippen LogP contribution in [0, 0.1) is 0 Å². The maximum Gasteiger partial charge on any atom is 0.0264 e. The van der Waals surface area contributed by atoms with Gasteiger partial charge in [0.15, 0.2) is 0 Å². The zero-order valence-electron chi connectivity index (χ0n) is 8.19. The Balaban J connectivity index is 2.84. The summed E-state index contributed by atoms with van der Waals surface area (Å²) in [6, 6.07) is 0. The number of hydrogen-bond acceptors (Lipinski definition) is 1. The van der Waals surface area contributed by atoms with E-state index in [4.69, 9.17) is 0 Å². The van der Waals surface area contributed by atoms with Crippen molar-refractivity contribution in [3.05, 3.63) is 0 Å². The molecule has 1 saturated heterocycles. The molecule has 0 radical (unpaired) electrons. The summed E-state index contributed by atoms with van der Waals surface area (Å²) in [6.07, 6.45) is 2.61. The second kappa shape index (κ2) is 3.53. The van der Waals surface area contributed by atoms with Gasteiger partial charge in [0.25, 0.3) is 0 Å². The molecule has 1 heterocycles. The number of nitrogens with zero attached hydrogens (tertiary/aromatic N) is 1. The predicted molar refractivity (Wildman–Crippen MR) is 71.1 cm³/mol. The predicted octanol–water partition coefficient (Wildman–Crippen LogP) is 3.79. The lowest BCUT2D eigenvalue weighted by Crippen LogP contribution is -2.55. The van der Waals surface area contributed by atoms with Crippen LogP contribution in [0.3, 0.4) is 0 Å². The first-order chi connectivity index (χ1) is 5.26. The molecule has 1 aliphatic rings. The Kier molecular flexibility index (Phi) is 3.38. The Morgan fingerprint density at radius 3 is 1.75 bits per heavy atom. The SMILES string of the molecule is CC1(C)CC(I)CC(C)(C)N1I. The summed E-state index contributed by atoms with van der Waals surface area (Å²) in [5.74, 6) is 0. The van der Waals surface area contributed by atoms with Gasteiger partial charge >= 0.3 is 0 Å². The van der Waals surface area contributed by atoms with Crippen molar-refractivity contribution in [2.75, 3.05) is 0 Å². The summed E-state index contributed by atoms with van der Waals surface area (Å²) in [5.41, 5.74) is 0.711. The maximum atomic E-state index is 2.59. The van der Waals surface area contributed by atoms with E-state index >= 15 is 0 Å². The smallest absolute Gasteiger partial charge is 0.0264 e. The van der Waals surface area contributed by atoms with Gasteiger partial charge in [-0.2, -0.15) is 0 Å². The molecule has 0 bridgehead atoms. The first kappa shape index (κ1) is 11.5. The minimum Gasteiger partial charge on any atom is -0.236 e. The lowest BCUT2D eigenvalue weighted by atomic mass is 9.83. The van der Waals surface area contributed by atoms with Crippen LogP contribution in [0.5, 0.6) is 0 Å². The molecule has 1 rings (SSSR count). The molecule has 0 spiro atoms. The van der Waals surface area contributed by atoms with E-state index in [0.717, 1.165) is 3.92 Å². The summed E-state index contributed by atoms with van der Waals surface area (Å²) in [5, 5.41) is 0. The van der Waals surface area contributed by atoms with Crippen LogP contribution in [0.15, 0.2) is 0 Å². The van der Waals surface area contributed by atoms with Gasteiger partial charge in [0.1, 0.15) is 0 Å². The van der Waals surface area contributed by atoms with Crippen molar-refractivity contribution >= 4 is 45.5 Å². The molecule has 0 aromatic rings. The van der Waals surface area contributed by atoms with Gasteiger partial charge in [0.05, 0.1) is 0 Å². The highest BCUT2D eigenvalue weighted by Crippen LogP contribution is 2.43. The van der Waals surface area contributed by atoms with Gasteiger partial charge in [0, 0.05) is 37.9 Å². The zero-order valence-corrected chi connectivity index (χ0v) is 12.5. The standard InChI is InChI=1S/C9H17I2N/c1-8(2)5-7(10)6-9(3,4)12(8)11/h7H,5-6H2,1-4H3. The van der Waals surface area contributed by atoms with Crippen LogP contribution in [-0.2, 0) is 0 Å². The molecule has 0 atom stereocenters. The van der Waals surface area contributed by atoms with Crippen LogP contribution < -0.4 is 0 Å². The largest absolute Gasteiger partial charge is 0.236 e. The monoisotopic (exact) mass is 393 g/mol. The Labute approximate surface area is 103 Å². The third kappa shape index (κ3) is 2.26. The van der Waals surface area contributed by atoms with Gasteiger partial charge in [-0.05, 0) is 40.5 Å². The molecule has 0 aromatic heterocycles. The molecule has 0 N–H and O–H groups in total. The fraction of sp³-hybridized carbons (Fsp3) is 1.00. The van der Waals surface area contributed by atoms with Crippen LogP contribution in [0.1, 0.15) is 40.5 Å². The lowest BCUT2D eigenvalue weighted by molar-refractivity contribution is 0.0949. The average molecular weight is 393 g/mol. The number of alkyl halides is 1. The topological polar surface area (TPSA) is 3.24 Å². The summed E-state index contributed by atoms with van der Waals surface area (Å²) in [7, 11) is 0. The fourth-order valence-electron chi connectivity index (χ4n) is 2.14. The molecule has 72 valence electrons. The first-order valence-electron chi connectivity index (χ1n) is 4.36. The maximum absolute atomic E-state index is 2.59. The van der Waals surface area contributed by atoms with Gasteiger partial charge in [-0.15, -0.1) is 0 Å². The van der Waals surface area contributed by atoms with E-state index in [9.17, 15) is 0 Å². The third-order valence-electron chi connectivity index (χ3n) is 2.50. The summed E-state index contributed by atoms with van der Waals surface area (Å²) in [4.78, 5) is 0. The molecule has 0 aliphatic carbocycles. The minimum atomic E-state index is 0.355. The summed E-state index contributed by atoms with van der Waals surface area (Å²) < 4.78 is 3.33. The van der Waals surface area contributed by atoms with E-state index in [0.29, 0.717) is 11.1 Å². The molecule has 0 amide bonds. The molecule has 12 heavy (non-hydrogen) atoms. The van der Waals surface area contributed by atoms with Crippen LogP contribution in [0.25, 0.3) is 0 Å². The highest BCUT2D eigenvalue weighted by Gasteiger charge is 2.43. The van der Waals surface area contributed by atoms with E-state index in [-0.39, 0.29) is 0 Å². The Hall–Kier alpha value is 1.42. The first-order valence-corrected chi connectivity index (χ1v) is 6.57. The number of piperidine rings is 1. The fourth-order valence-corrected chi connectivity index (χ4v) is 4.69. The number of halogens is 2. The summed E-state index contributed by atoms with van der Waals surface area (Å²) >= 11 is 5.07. The van der Waals surface area contributed by atoms with Crippen molar-refractivity contribution in [2.45, 2.75) is 55.5 Å². The van der Waals surface area contributed by atoms with Crippen molar-refractivity contribution in [1.29, 1.82) is 0 Å². The van der Waals surface area contributed by atoms with Crippen LogP contribution in [0.4, 0.5) is 0 Å². The van der Waals surface area contributed by atoms with Crippen molar-refractivity contribution in [1.82, 2.24) is 3.11 Å². The highest BCUT2D eigenvalue weighted by atomic mass is 127. The Morgan fingerprint density at radius 1 is 1.08 bits per heavy atom. The normalized spacial score (nSPS) is 30.5. The minimum absolute atomic E-state index is 0.355. The van der Waals surface area contributed by atoms with Crippen LogP contribution in [-0.4, -0.2) is 18.1 Å². The molecule has 1 nitrogen and oxygen atoms in total. The molecule has 0 unspecified atom stereocenters.